The van der Waals surface area contributed by atoms with Crippen molar-refractivity contribution in [1.82, 2.24) is 20.0 Å². The number of piperidine rings is 1. The highest BCUT2D eigenvalue weighted by Gasteiger charge is 2.37. The van der Waals surface area contributed by atoms with Crippen molar-refractivity contribution in [2.75, 3.05) is 6.54 Å². The Labute approximate surface area is 165 Å². The third-order valence-corrected chi connectivity index (χ3v) is 5.91. The number of fused-ring (bicyclic) bond motifs is 2. The van der Waals surface area contributed by atoms with E-state index in [2.05, 4.69) is 15.1 Å². The fourth-order valence-corrected chi connectivity index (χ4v) is 4.40. The van der Waals surface area contributed by atoms with Crippen molar-refractivity contribution in [3.8, 4) is 11.5 Å². The predicted octanol–water partition coefficient (Wildman–Crippen LogP) is 4.19. The van der Waals surface area contributed by atoms with E-state index >= 15 is 0 Å². The molecule has 1 fully saturated rings. The molecule has 2 atom stereocenters. The van der Waals surface area contributed by atoms with Crippen molar-refractivity contribution in [2.24, 2.45) is 0 Å². The highest BCUT2D eigenvalue weighted by molar-refractivity contribution is 6.30. The van der Waals surface area contributed by atoms with Crippen molar-refractivity contribution < 1.29 is 13.7 Å². The van der Waals surface area contributed by atoms with E-state index in [4.69, 9.17) is 16.1 Å². The molecule has 0 radical (unpaired) electrons. The third-order valence-electron chi connectivity index (χ3n) is 5.69. The number of amides is 1. The summed E-state index contributed by atoms with van der Waals surface area (Å²) in [7, 11) is 0. The van der Waals surface area contributed by atoms with Crippen LogP contribution in [0.4, 0.5) is 4.39 Å². The first kappa shape index (κ1) is 17.4. The van der Waals surface area contributed by atoms with Gasteiger partial charge in [0.05, 0.1) is 16.6 Å². The number of aromatic amines is 1. The molecule has 1 N–H and O–H groups in total. The van der Waals surface area contributed by atoms with Gasteiger partial charge in [-0.05, 0) is 55.5 Å². The molecule has 28 heavy (non-hydrogen) atoms. The quantitative estimate of drug-likeness (QED) is 0.699. The standard InChI is InChI=1S/C20H18ClFN4O2/c21-13-8-17(23-9-13)18-24-19(28-25-18)12-2-5-15-4-1-11-7-14(22)3-6-16(11)20(27)26(15)10-12/h3,6-9,12,15,23H,1-2,4-5,10H2/t12-,15+/m0/s1. The number of rotatable bonds is 2. The summed E-state index contributed by atoms with van der Waals surface area (Å²) in [6, 6.07) is 6.32. The van der Waals surface area contributed by atoms with Crippen LogP contribution in [0.1, 0.15) is 47.0 Å². The fourth-order valence-electron chi connectivity index (χ4n) is 4.24. The first-order valence-electron chi connectivity index (χ1n) is 9.36. The minimum atomic E-state index is -0.299. The van der Waals surface area contributed by atoms with Crippen LogP contribution in [-0.4, -0.2) is 38.5 Å². The number of aromatic nitrogens is 3. The average Bonchev–Trinajstić information content (AvgIpc) is 3.32. The lowest BCUT2D eigenvalue weighted by molar-refractivity contribution is 0.0570. The highest BCUT2D eigenvalue weighted by Crippen LogP contribution is 2.35. The first-order chi connectivity index (χ1) is 13.6. The molecule has 144 valence electrons. The topological polar surface area (TPSA) is 75.0 Å². The lowest BCUT2D eigenvalue weighted by Crippen LogP contribution is -2.45. The molecule has 2 aliphatic rings. The minimum Gasteiger partial charge on any atom is -0.357 e. The van der Waals surface area contributed by atoms with Crippen LogP contribution < -0.4 is 0 Å². The summed E-state index contributed by atoms with van der Waals surface area (Å²) in [5.41, 5.74) is 2.08. The summed E-state index contributed by atoms with van der Waals surface area (Å²) < 4.78 is 19.1. The Bertz CT molecular complexity index is 1050. The van der Waals surface area contributed by atoms with Crippen molar-refractivity contribution in [3.63, 3.8) is 0 Å². The molecule has 2 aromatic heterocycles. The number of nitrogens with one attached hydrogen (secondary N) is 1. The second-order valence-corrected chi connectivity index (χ2v) is 7.85. The van der Waals surface area contributed by atoms with Crippen LogP contribution >= 0.6 is 11.6 Å². The molecule has 0 bridgehead atoms. The van der Waals surface area contributed by atoms with Gasteiger partial charge in [-0.15, -0.1) is 0 Å². The second kappa shape index (κ2) is 6.74. The first-order valence-corrected chi connectivity index (χ1v) is 9.73. The van der Waals surface area contributed by atoms with Gasteiger partial charge in [0.2, 0.25) is 11.7 Å². The monoisotopic (exact) mass is 400 g/mol. The largest absolute Gasteiger partial charge is 0.357 e. The molecule has 2 aliphatic heterocycles. The number of H-pyrrole nitrogens is 1. The summed E-state index contributed by atoms with van der Waals surface area (Å²) in [4.78, 5) is 22.5. The van der Waals surface area contributed by atoms with E-state index in [-0.39, 0.29) is 23.7 Å². The number of hydrogen-bond donors (Lipinski definition) is 1. The van der Waals surface area contributed by atoms with E-state index in [0.717, 1.165) is 24.8 Å². The van der Waals surface area contributed by atoms with Crippen LogP contribution in [0.25, 0.3) is 11.5 Å². The van der Waals surface area contributed by atoms with Gasteiger partial charge in [-0.1, -0.05) is 16.8 Å². The second-order valence-electron chi connectivity index (χ2n) is 7.41. The van der Waals surface area contributed by atoms with Gasteiger partial charge in [-0.3, -0.25) is 4.79 Å². The molecular weight excluding hydrogens is 383 g/mol. The van der Waals surface area contributed by atoms with Crippen LogP contribution in [0, 0.1) is 5.82 Å². The molecule has 0 unspecified atom stereocenters. The third kappa shape index (κ3) is 2.99. The Morgan fingerprint density at radius 3 is 2.96 bits per heavy atom. The van der Waals surface area contributed by atoms with E-state index in [1.165, 1.54) is 12.1 Å². The fraction of sp³-hybridized carbons (Fsp3) is 0.350. The van der Waals surface area contributed by atoms with Gasteiger partial charge in [0.1, 0.15) is 5.82 Å². The lowest BCUT2D eigenvalue weighted by atomic mass is 9.90. The molecule has 1 saturated heterocycles. The predicted molar refractivity (Wildman–Crippen MR) is 101 cm³/mol. The van der Waals surface area contributed by atoms with Crippen LogP contribution in [-0.2, 0) is 6.42 Å². The van der Waals surface area contributed by atoms with E-state index in [1.54, 1.807) is 18.3 Å². The number of benzene rings is 1. The summed E-state index contributed by atoms with van der Waals surface area (Å²) in [6.45, 7) is 0.521. The normalized spacial score (nSPS) is 21.9. The van der Waals surface area contributed by atoms with Gasteiger partial charge in [-0.2, -0.15) is 4.98 Å². The molecule has 1 aromatic carbocycles. The maximum atomic E-state index is 13.6. The van der Waals surface area contributed by atoms with Gasteiger partial charge in [-0.25, -0.2) is 4.39 Å². The number of aryl methyl sites for hydroxylation is 1. The van der Waals surface area contributed by atoms with Crippen molar-refractivity contribution in [2.45, 2.75) is 37.6 Å². The molecule has 3 aromatic rings. The maximum Gasteiger partial charge on any atom is 0.254 e. The van der Waals surface area contributed by atoms with Gasteiger partial charge >= 0.3 is 0 Å². The maximum absolute atomic E-state index is 13.6. The molecule has 8 heteroatoms. The Balaban J connectivity index is 1.40. The van der Waals surface area contributed by atoms with Gasteiger partial charge in [0, 0.05) is 24.3 Å². The van der Waals surface area contributed by atoms with E-state index < -0.39 is 0 Å². The van der Waals surface area contributed by atoms with Crippen molar-refractivity contribution in [1.29, 1.82) is 0 Å². The number of carbonyl (C=O) groups excluding carboxylic acids is 1. The summed E-state index contributed by atoms with van der Waals surface area (Å²) >= 11 is 5.94. The van der Waals surface area contributed by atoms with Gasteiger partial charge < -0.3 is 14.4 Å². The van der Waals surface area contributed by atoms with E-state index in [1.807, 2.05) is 4.90 Å². The molecule has 0 saturated carbocycles. The highest BCUT2D eigenvalue weighted by atomic mass is 35.5. The Kier molecular flexibility index (Phi) is 4.19. The van der Waals surface area contributed by atoms with Crippen LogP contribution in [0.2, 0.25) is 5.02 Å². The SMILES string of the molecule is O=C1c2ccc(F)cc2CC[C@@H]2CC[C@H](c3nc(-c4cc(Cl)c[nH]4)no3)CN12. The average molecular weight is 401 g/mol. The molecule has 0 aliphatic carbocycles. The number of halogens is 2. The van der Waals surface area contributed by atoms with E-state index in [0.29, 0.717) is 41.0 Å². The van der Waals surface area contributed by atoms with Gasteiger partial charge in [0.25, 0.3) is 5.91 Å². The minimum absolute atomic E-state index is 0.0196. The zero-order valence-corrected chi connectivity index (χ0v) is 15.7. The van der Waals surface area contributed by atoms with Crippen LogP contribution in [0.3, 0.4) is 0 Å². The Morgan fingerprint density at radius 2 is 2.14 bits per heavy atom. The zero-order chi connectivity index (χ0) is 19.3. The van der Waals surface area contributed by atoms with Crippen LogP contribution in [0.15, 0.2) is 35.0 Å². The van der Waals surface area contributed by atoms with Crippen molar-refractivity contribution >= 4 is 17.5 Å². The Hall–Kier alpha value is -2.67. The van der Waals surface area contributed by atoms with Crippen LogP contribution in [0.5, 0.6) is 0 Å². The Morgan fingerprint density at radius 1 is 1.25 bits per heavy atom. The lowest BCUT2D eigenvalue weighted by Gasteiger charge is -2.37. The molecular formula is C20H18ClFN4O2. The van der Waals surface area contributed by atoms with Crippen molar-refractivity contribution in [3.05, 3.63) is 58.3 Å². The van der Waals surface area contributed by atoms with Gasteiger partial charge in [0.15, 0.2) is 0 Å². The number of nitrogens with zero attached hydrogens (tertiary/aromatic N) is 3. The summed E-state index contributed by atoms with van der Waals surface area (Å²) in [5, 5.41) is 4.62. The molecule has 4 heterocycles. The molecule has 5 rings (SSSR count). The molecule has 1 amide bonds. The molecule has 6 nitrogen and oxygen atoms in total. The number of carbonyl (C=O) groups is 1. The summed E-state index contributed by atoms with van der Waals surface area (Å²) in [5.74, 6) is 0.613. The number of hydrogen-bond acceptors (Lipinski definition) is 4. The summed E-state index contributed by atoms with van der Waals surface area (Å²) in [6.07, 6.45) is 4.94. The zero-order valence-electron chi connectivity index (χ0n) is 15.0. The molecule has 0 spiro atoms. The smallest absolute Gasteiger partial charge is 0.254 e. The van der Waals surface area contributed by atoms with E-state index in [9.17, 15) is 9.18 Å².